The van der Waals surface area contributed by atoms with E-state index in [1.165, 1.54) is 14.0 Å². The highest BCUT2D eigenvalue weighted by molar-refractivity contribution is 5.85. The Morgan fingerprint density at radius 2 is 2.19 bits per heavy atom. The largest absolute Gasteiger partial charge is 0.468 e. The number of carbonyl (C=O) groups excluding carboxylic acids is 2. The molecule has 1 aromatic rings. The fourth-order valence-corrected chi connectivity index (χ4v) is 3.64. The number of hydrogen-bond acceptors (Lipinski definition) is 5. The van der Waals surface area contributed by atoms with Crippen molar-refractivity contribution in [2.75, 3.05) is 13.7 Å². The zero-order valence-electron chi connectivity index (χ0n) is 12.3. The molecule has 0 saturated carbocycles. The van der Waals surface area contributed by atoms with Gasteiger partial charge in [0.1, 0.15) is 5.75 Å². The number of nitrogens with one attached hydrogen (secondary N) is 1. The lowest BCUT2D eigenvalue weighted by molar-refractivity contribution is -0.149. The van der Waals surface area contributed by atoms with Gasteiger partial charge in [-0.1, -0.05) is 6.07 Å². The van der Waals surface area contributed by atoms with E-state index in [1.807, 2.05) is 12.1 Å². The zero-order valence-corrected chi connectivity index (χ0v) is 12.3. The van der Waals surface area contributed by atoms with Gasteiger partial charge in [0, 0.05) is 13.0 Å². The van der Waals surface area contributed by atoms with Crippen LogP contribution in [0.3, 0.4) is 0 Å². The van der Waals surface area contributed by atoms with E-state index in [1.54, 1.807) is 6.07 Å². The second kappa shape index (κ2) is 5.15. The molecule has 112 valence electrons. The predicted molar refractivity (Wildman–Crippen MR) is 76.2 cm³/mol. The fourth-order valence-electron chi connectivity index (χ4n) is 3.64. The first-order valence-corrected chi connectivity index (χ1v) is 7.19. The molecule has 0 aromatic heterocycles. The SMILES string of the molecule is COC(=O)C12CCNC(Cc3ccc(OC(C)=O)cc31)C2. The van der Waals surface area contributed by atoms with Crippen molar-refractivity contribution < 1.29 is 19.1 Å². The molecule has 1 fully saturated rings. The van der Waals surface area contributed by atoms with Gasteiger partial charge in [0.2, 0.25) is 0 Å². The molecule has 1 heterocycles. The first kappa shape index (κ1) is 14.1. The van der Waals surface area contributed by atoms with E-state index in [0.29, 0.717) is 18.2 Å². The van der Waals surface area contributed by atoms with E-state index >= 15 is 0 Å². The normalized spacial score (nSPS) is 26.7. The van der Waals surface area contributed by atoms with E-state index in [2.05, 4.69) is 5.32 Å². The lowest BCUT2D eigenvalue weighted by Crippen LogP contribution is -2.54. The molecule has 21 heavy (non-hydrogen) atoms. The number of rotatable bonds is 2. The van der Waals surface area contributed by atoms with Crippen molar-refractivity contribution in [3.05, 3.63) is 29.3 Å². The van der Waals surface area contributed by atoms with Crippen LogP contribution in [0.15, 0.2) is 18.2 Å². The smallest absolute Gasteiger partial charge is 0.316 e. The number of carbonyl (C=O) groups is 2. The summed E-state index contributed by atoms with van der Waals surface area (Å²) in [5.41, 5.74) is 1.46. The number of benzene rings is 1. The fraction of sp³-hybridized carbons (Fsp3) is 0.500. The summed E-state index contributed by atoms with van der Waals surface area (Å²) < 4.78 is 10.2. The van der Waals surface area contributed by atoms with Crippen molar-refractivity contribution >= 4 is 11.9 Å². The number of esters is 2. The van der Waals surface area contributed by atoms with Crippen LogP contribution in [0.5, 0.6) is 5.75 Å². The van der Waals surface area contributed by atoms with Crippen molar-refractivity contribution in [2.24, 2.45) is 0 Å². The number of ether oxygens (including phenoxy) is 2. The summed E-state index contributed by atoms with van der Waals surface area (Å²) in [6.45, 7) is 2.16. The summed E-state index contributed by atoms with van der Waals surface area (Å²) in [6.07, 6.45) is 2.32. The maximum Gasteiger partial charge on any atom is 0.316 e. The van der Waals surface area contributed by atoms with E-state index < -0.39 is 5.41 Å². The van der Waals surface area contributed by atoms with Crippen molar-refractivity contribution in [3.8, 4) is 5.75 Å². The van der Waals surface area contributed by atoms with E-state index in [4.69, 9.17) is 9.47 Å². The highest BCUT2D eigenvalue weighted by Gasteiger charge is 2.49. The van der Waals surface area contributed by atoms with Crippen LogP contribution >= 0.6 is 0 Å². The van der Waals surface area contributed by atoms with E-state index in [0.717, 1.165) is 30.5 Å². The lowest BCUT2D eigenvalue weighted by Gasteiger charge is -2.44. The maximum atomic E-state index is 12.4. The minimum absolute atomic E-state index is 0.199. The Balaban J connectivity index is 2.09. The van der Waals surface area contributed by atoms with Gasteiger partial charge in [-0.2, -0.15) is 0 Å². The number of hydrogen-bond donors (Lipinski definition) is 1. The van der Waals surface area contributed by atoms with Crippen molar-refractivity contribution in [1.29, 1.82) is 0 Å². The number of methoxy groups -OCH3 is 1. The average molecular weight is 289 g/mol. The van der Waals surface area contributed by atoms with Crippen LogP contribution in [0.25, 0.3) is 0 Å². The molecule has 3 rings (SSSR count). The molecule has 0 amide bonds. The maximum absolute atomic E-state index is 12.4. The molecule has 2 aliphatic rings. The molecule has 2 atom stereocenters. The summed E-state index contributed by atoms with van der Waals surface area (Å²) in [4.78, 5) is 23.6. The highest BCUT2D eigenvalue weighted by Crippen LogP contribution is 2.44. The molecule has 2 unspecified atom stereocenters. The third-order valence-corrected chi connectivity index (χ3v) is 4.48. The molecule has 1 aliphatic heterocycles. The van der Waals surface area contributed by atoms with Crippen LogP contribution in [0, 0.1) is 0 Å². The summed E-state index contributed by atoms with van der Waals surface area (Å²) in [5.74, 6) is -0.0718. The van der Waals surface area contributed by atoms with Gasteiger partial charge in [0.25, 0.3) is 0 Å². The summed E-state index contributed by atoms with van der Waals surface area (Å²) >= 11 is 0. The molecule has 1 aromatic carbocycles. The quantitative estimate of drug-likeness (QED) is 0.657. The molecule has 1 aliphatic carbocycles. The Bertz CT molecular complexity index is 598. The van der Waals surface area contributed by atoms with Crippen molar-refractivity contribution in [1.82, 2.24) is 5.32 Å². The first-order valence-electron chi connectivity index (χ1n) is 7.19. The monoisotopic (exact) mass is 289 g/mol. The van der Waals surface area contributed by atoms with E-state index in [9.17, 15) is 9.59 Å². The molecule has 0 radical (unpaired) electrons. The molecule has 0 spiro atoms. The standard InChI is InChI=1S/C16H19NO4/c1-10(18)21-13-4-3-11-7-12-9-16(5-6-17-12,14(11)8-13)15(19)20-2/h3-4,8,12,17H,5-7,9H2,1-2H3. The Labute approximate surface area is 123 Å². The summed E-state index contributed by atoms with van der Waals surface area (Å²) in [5, 5.41) is 3.45. The minimum Gasteiger partial charge on any atom is -0.468 e. The Morgan fingerprint density at radius 3 is 2.90 bits per heavy atom. The topological polar surface area (TPSA) is 64.6 Å². The van der Waals surface area contributed by atoms with Crippen LogP contribution in [0.1, 0.15) is 30.9 Å². The summed E-state index contributed by atoms with van der Waals surface area (Å²) in [6, 6.07) is 5.86. The average Bonchev–Trinajstić information content (AvgIpc) is 2.47. The van der Waals surface area contributed by atoms with Crippen LogP contribution in [0.4, 0.5) is 0 Å². The molecule has 1 saturated heterocycles. The predicted octanol–water partition coefficient (Wildman–Crippen LogP) is 1.33. The minimum atomic E-state index is -0.617. The Kier molecular flexibility index (Phi) is 3.45. The van der Waals surface area contributed by atoms with Gasteiger partial charge in [-0.15, -0.1) is 0 Å². The summed E-state index contributed by atoms with van der Waals surface area (Å²) in [7, 11) is 1.43. The Hall–Kier alpha value is -1.88. The van der Waals surface area contributed by atoms with Crippen LogP contribution in [-0.2, 0) is 26.2 Å². The lowest BCUT2D eigenvalue weighted by atomic mass is 9.64. The molecular formula is C16H19NO4. The van der Waals surface area contributed by atoms with Crippen LogP contribution < -0.4 is 10.1 Å². The van der Waals surface area contributed by atoms with Gasteiger partial charge in [0.05, 0.1) is 12.5 Å². The van der Waals surface area contributed by atoms with Crippen molar-refractivity contribution in [2.45, 2.75) is 37.6 Å². The molecule has 2 bridgehead atoms. The second-order valence-corrected chi connectivity index (χ2v) is 5.80. The van der Waals surface area contributed by atoms with Gasteiger partial charge in [0.15, 0.2) is 0 Å². The number of piperidine rings is 1. The highest BCUT2D eigenvalue weighted by atomic mass is 16.5. The van der Waals surface area contributed by atoms with Crippen LogP contribution in [-0.4, -0.2) is 31.6 Å². The third-order valence-electron chi connectivity index (χ3n) is 4.48. The molecule has 5 heteroatoms. The van der Waals surface area contributed by atoms with Crippen LogP contribution in [0.2, 0.25) is 0 Å². The van der Waals surface area contributed by atoms with E-state index in [-0.39, 0.29) is 11.9 Å². The van der Waals surface area contributed by atoms with Gasteiger partial charge in [-0.25, -0.2) is 0 Å². The number of fused-ring (bicyclic) bond motifs is 4. The second-order valence-electron chi connectivity index (χ2n) is 5.80. The molecular weight excluding hydrogens is 270 g/mol. The van der Waals surface area contributed by atoms with Gasteiger partial charge < -0.3 is 14.8 Å². The first-order chi connectivity index (χ1) is 10.0. The van der Waals surface area contributed by atoms with Gasteiger partial charge in [-0.05, 0) is 49.1 Å². The third kappa shape index (κ3) is 2.31. The van der Waals surface area contributed by atoms with Gasteiger partial charge >= 0.3 is 11.9 Å². The zero-order chi connectivity index (χ0) is 15.0. The van der Waals surface area contributed by atoms with Gasteiger partial charge in [-0.3, -0.25) is 9.59 Å². The van der Waals surface area contributed by atoms with Crippen molar-refractivity contribution in [3.63, 3.8) is 0 Å². The Morgan fingerprint density at radius 1 is 1.38 bits per heavy atom. The molecule has 5 nitrogen and oxygen atoms in total. The molecule has 1 N–H and O–H groups in total.